The lowest BCUT2D eigenvalue weighted by atomic mass is 10.1. The third-order valence-electron chi connectivity index (χ3n) is 3.23. The molecule has 0 aliphatic heterocycles. The lowest BCUT2D eigenvalue weighted by Gasteiger charge is -2.24. The van der Waals surface area contributed by atoms with Gasteiger partial charge < -0.3 is 4.90 Å². The maximum absolute atomic E-state index is 11.0. The highest BCUT2D eigenvalue weighted by Crippen LogP contribution is 2.18. The predicted molar refractivity (Wildman–Crippen MR) is 85.7 cm³/mol. The Labute approximate surface area is 129 Å². The Balaban J connectivity index is 2.21. The number of carbonyl (C=O) groups is 1. The highest BCUT2D eigenvalue weighted by molar-refractivity contribution is 7.85. The second-order valence-corrected chi connectivity index (χ2v) is 6.47. The van der Waals surface area contributed by atoms with Crippen molar-refractivity contribution in [1.82, 2.24) is 0 Å². The molecule has 0 fully saturated rings. The molecular weight excluding hydrogens is 302 g/mol. The standard InChI is InChI=1S/C16H17NO4S/c18-13-15-6-8-16(9-7-15)17(10-11-22(19,20)21)12-14-4-2-1-3-5-14/h1-9,13H,10-12H2,(H,19,20,21). The van der Waals surface area contributed by atoms with Gasteiger partial charge in [0.25, 0.3) is 10.1 Å². The highest BCUT2D eigenvalue weighted by Gasteiger charge is 2.12. The molecule has 0 radical (unpaired) electrons. The van der Waals surface area contributed by atoms with Gasteiger partial charge in [-0.1, -0.05) is 30.3 Å². The van der Waals surface area contributed by atoms with E-state index in [2.05, 4.69) is 0 Å². The SMILES string of the molecule is O=Cc1ccc(N(CCS(=O)(=O)O)Cc2ccccc2)cc1. The van der Waals surface area contributed by atoms with Gasteiger partial charge in [-0.2, -0.15) is 8.42 Å². The van der Waals surface area contributed by atoms with E-state index < -0.39 is 10.1 Å². The van der Waals surface area contributed by atoms with E-state index in [-0.39, 0.29) is 12.3 Å². The molecule has 0 aromatic heterocycles. The summed E-state index contributed by atoms with van der Waals surface area (Å²) >= 11 is 0. The lowest BCUT2D eigenvalue weighted by molar-refractivity contribution is 0.112. The van der Waals surface area contributed by atoms with Gasteiger partial charge in [-0.05, 0) is 29.8 Å². The molecule has 2 aromatic carbocycles. The molecule has 2 aromatic rings. The van der Waals surface area contributed by atoms with Gasteiger partial charge in [0.1, 0.15) is 6.29 Å². The van der Waals surface area contributed by atoms with Crippen LogP contribution in [0, 0.1) is 0 Å². The first-order valence-corrected chi connectivity index (χ1v) is 8.38. The number of aldehydes is 1. The summed E-state index contributed by atoms with van der Waals surface area (Å²) in [5.74, 6) is -0.352. The van der Waals surface area contributed by atoms with Crippen molar-refractivity contribution in [2.75, 3.05) is 17.2 Å². The van der Waals surface area contributed by atoms with E-state index in [1.54, 1.807) is 24.3 Å². The quantitative estimate of drug-likeness (QED) is 0.626. The molecule has 116 valence electrons. The van der Waals surface area contributed by atoms with Crippen LogP contribution < -0.4 is 4.90 Å². The van der Waals surface area contributed by atoms with Crippen LogP contribution in [0.25, 0.3) is 0 Å². The summed E-state index contributed by atoms with van der Waals surface area (Å²) in [6, 6.07) is 16.5. The maximum atomic E-state index is 11.0. The number of anilines is 1. The van der Waals surface area contributed by atoms with E-state index in [9.17, 15) is 13.2 Å². The van der Waals surface area contributed by atoms with Crippen LogP contribution in [0.1, 0.15) is 15.9 Å². The number of benzene rings is 2. The number of rotatable bonds is 7. The Kier molecular flexibility index (Phi) is 5.30. The monoisotopic (exact) mass is 319 g/mol. The molecule has 0 heterocycles. The summed E-state index contributed by atoms with van der Waals surface area (Å²) < 4.78 is 31.0. The summed E-state index contributed by atoms with van der Waals surface area (Å²) in [7, 11) is -4.03. The summed E-state index contributed by atoms with van der Waals surface area (Å²) in [4.78, 5) is 12.6. The molecule has 0 saturated carbocycles. The Bertz CT molecular complexity index is 712. The second-order valence-electron chi connectivity index (χ2n) is 4.90. The smallest absolute Gasteiger partial charge is 0.266 e. The van der Waals surface area contributed by atoms with Crippen LogP contribution >= 0.6 is 0 Å². The van der Waals surface area contributed by atoms with E-state index in [1.165, 1.54) is 0 Å². The molecule has 0 bridgehead atoms. The van der Waals surface area contributed by atoms with E-state index in [0.29, 0.717) is 12.1 Å². The first-order valence-electron chi connectivity index (χ1n) is 6.77. The molecule has 2 rings (SSSR count). The molecule has 5 nitrogen and oxygen atoms in total. The number of nitrogens with zero attached hydrogens (tertiary/aromatic N) is 1. The third kappa shape index (κ3) is 4.98. The van der Waals surface area contributed by atoms with Gasteiger partial charge in [-0.3, -0.25) is 9.35 Å². The van der Waals surface area contributed by atoms with Gasteiger partial charge in [-0.15, -0.1) is 0 Å². The van der Waals surface area contributed by atoms with E-state index >= 15 is 0 Å². The molecular formula is C16H17NO4S. The fraction of sp³-hybridized carbons (Fsp3) is 0.188. The summed E-state index contributed by atoms with van der Waals surface area (Å²) in [6.45, 7) is 0.672. The maximum Gasteiger partial charge on any atom is 0.266 e. The van der Waals surface area contributed by atoms with Gasteiger partial charge in [0, 0.05) is 24.3 Å². The van der Waals surface area contributed by atoms with E-state index in [1.807, 2.05) is 35.2 Å². The first-order chi connectivity index (χ1) is 10.5. The minimum absolute atomic E-state index is 0.161. The molecule has 0 amide bonds. The fourth-order valence-electron chi connectivity index (χ4n) is 2.09. The topological polar surface area (TPSA) is 74.7 Å². The fourth-order valence-corrected chi connectivity index (χ4v) is 2.54. The van der Waals surface area contributed by atoms with Crippen LogP contribution in [0.5, 0.6) is 0 Å². The van der Waals surface area contributed by atoms with Crippen molar-refractivity contribution in [2.45, 2.75) is 6.54 Å². The van der Waals surface area contributed by atoms with Crippen molar-refractivity contribution in [3.63, 3.8) is 0 Å². The Morgan fingerprint density at radius 1 is 1.00 bits per heavy atom. The first kappa shape index (κ1) is 16.2. The van der Waals surface area contributed by atoms with Gasteiger partial charge in [0.15, 0.2) is 0 Å². The molecule has 6 heteroatoms. The zero-order valence-corrected chi connectivity index (χ0v) is 12.7. The van der Waals surface area contributed by atoms with Gasteiger partial charge in [0.2, 0.25) is 0 Å². The van der Waals surface area contributed by atoms with Crippen LogP contribution in [0.3, 0.4) is 0 Å². The number of carbonyl (C=O) groups excluding carboxylic acids is 1. The van der Waals surface area contributed by atoms with Gasteiger partial charge in [0.05, 0.1) is 5.75 Å². The predicted octanol–water partition coefficient (Wildman–Crippen LogP) is 2.39. The Hall–Kier alpha value is -2.18. The Morgan fingerprint density at radius 3 is 2.18 bits per heavy atom. The summed E-state index contributed by atoms with van der Waals surface area (Å²) in [6.07, 6.45) is 0.753. The molecule has 0 aliphatic carbocycles. The van der Waals surface area contributed by atoms with E-state index in [4.69, 9.17) is 4.55 Å². The van der Waals surface area contributed by atoms with Crippen LogP contribution in [-0.4, -0.2) is 31.6 Å². The molecule has 0 saturated heterocycles. The normalized spacial score (nSPS) is 11.1. The minimum atomic E-state index is -4.03. The molecule has 0 spiro atoms. The lowest BCUT2D eigenvalue weighted by Crippen LogP contribution is -2.28. The number of hydrogen-bond acceptors (Lipinski definition) is 4. The van der Waals surface area contributed by atoms with Crippen molar-refractivity contribution < 1.29 is 17.8 Å². The van der Waals surface area contributed by atoms with Crippen LogP contribution in [0.2, 0.25) is 0 Å². The summed E-state index contributed by atoms with van der Waals surface area (Å²) in [5, 5.41) is 0. The average Bonchev–Trinajstić information content (AvgIpc) is 2.52. The van der Waals surface area contributed by atoms with Crippen LogP contribution in [0.15, 0.2) is 54.6 Å². The number of hydrogen-bond donors (Lipinski definition) is 1. The molecule has 0 unspecified atom stereocenters. The van der Waals surface area contributed by atoms with Crippen molar-refractivity contribution in [2.24, 2.45) is 0 Å². The van der Waals surface area contributed by atoms with Crippen molar-refractivity contribution in [1.29, 1.82) is 0 Å². The van der Waals surface area contributed by atoms with Crippen molar-refractivity contribution >= 4 is 22.1 Å². The molecule has 22 heavy (non-hydrogen) atoms. The van der Waals surface area contributed by atoms with E-state index in [0.717, 1.165) is 17.5 Å². The second kappa shape index (κ2) is 7.20. The summed E-state index contributed by atoms with van der Waals surface area (Å²) in [5.41, 5.74) is 2.37. The zero-order chi connectivity index (χ0) is 16.0. The van der Waals surface area contributed by atoms with Crippen molar-refractivity contribution in [3.8, 4) is 0 Å². The molecule has 1 N–H and O–H groups in total. The van der Waals surface area contributed by atoms with Gasteiger partial charge >= 0.3 is 0 Å². The average molecular weight is 319 g/mol. The zero-order valence-electron chi connectivity index (χ0n) is 11.9. The highest BCUT2D eigenvalue weighted by atomic mass is 32.2. The minimum Gasteiger partial charge on any atom is -0.366 e. The molecule has 0 atom stereocenters. The largest absolute Gasteiger partial charge is 0.366 e. The third-order valence-corrected chi connectivity index (χ3v) is 3.93. The van der Waals surface area contributed by atoms with Gasteiger partial charge in [-0.25, -0.2) is 0 Å². The van der Waals surface area contributed by atoms with Crippen molar-refractivity contribution in [3.05, 3.63) is 65.7 Å². The van der Waals surface area contributed by atoms with Crippen LogP contribution in [-0.2, 0) is 16.7 Å². The van der Waals surface area contributed by atoms with Crippen LogP contribution in [0.4, 0.5) is 5.69 Å². The molecule has 0 aliphatic rings. The Morgan fingerprint density at radius 2 is 1.64 bits per heavy atom.